The van der Waals surface area contributed by atoms with E-state index in [4.69, 9.17) is 4.99 Å². The summed E-state index contributed by atoms with van der Waals surface area (Å²) in [6.07, 6.45) is 3.73. The predicted molar refractivity (Wildman–Crippen MR) is 58.7 cm³/mol. The maximum atomic E-state index is 4.77. The highest BCUT2D eigenvalue weighted by Gasteiger charge is 2.41. The summed E-state index contributed by atoms with van der Waals surface area (Å²) in [5.41, 5.74) is 2.77. The normalized spacial score (nSPS) is 21.9. The molecular weight excluding hydrogens is 172 g/mol. The van der Waals surface area contributed by atoms with E-state index in [9.17, 15) is 0 Å². The minimum absolute atomic E-state index is 0.131. The molecule has 0 saturated heterocycles. The quantitative estimate of drug-likeness (QED) is 0.662. The topological polar surface area (TPSA) is 24.4 Å². The molecule has 72 valence electrons. The lowest BCUT2D eigenvalue weighted by molar-refractivity contribution is 0.256. The molecular formula is C12H14N2. The molecule has 3 rings (SSSR count). The zero-order chi connectivity index (χ0) is 9.60. The number of para-hydroxylation sites is 1. The standard InChI is InChI=1S/C12H14N2/c1-9-13-11-6-3-2-5-10(11)12(14-9)7-4-8-12/h2-3,5-6H,4,7-8H2,1H3,(H,13,14). The van der Waals surface area contributed by atoms with Gasteiger partial charge in [-0.25, -0.2) is 0 Å². The molecule has 2 nitrogen and oxygen atoms in total. The number of aliphatic imine (C=N–C) groups is 1. The van der Waals surface area contributed by atoms with Crippen LogP contribution in [0, 0.1) is 0 Å². The fraction of sp³-hybridized carbons (Fsp3) is 0.417. The van der Waals surface area contributed by atoms with Crippen molar-refractivity contribution in [1.82, 2.24) is 0 Å². The van der Waals surface area contributed by atoms with Crippen LogP contribution in [0.3, 0.4) is 0 Å². The van der Waals surface area contributed by atoms with E-state index in [1.54, 1.807) is 0 Å². The lowest BCUT2D eigenvalue weighted by atomic mass is 9.71. The highest BCUT2D eigenvalue weighted by molar-refractivity contribution is 5.96. The van der Waals surface area contributed by atoms with Gasteiger partial charge in [-0.05, 0) is 32.3 Å². The number of benzene rings is 1. The molecule has 1 spiro atoms. The number of nitrogens with one attached hydrogen (secondary N) is 1. The van der Waals surface area contributed by atoms with Crippen molar-refractivity contribution >= 4 is 11.5 Å². The zero-order valence-corrected chi connectivity index (χ0v) is 8.38. The van der Waals surface area contributed by atoms with Crippen molar-refractivity contribution in [3.8, 4) is 0 Å². The third-order valence-electron chi connectivity index (χ3n) is 3.31. The van der Waals surface area contributed by atoms with Crippen molar-refractivity contribution in [1.29, 1.82) is 0 Å². The van der Waals surface area contributed by atoms with E-state index in [-0.39, 0.29) is 5.54 Å². The monoisotopic (exact) mass is 186 g/mol. The molecule has 0 amide bonds. The van der Waals surface area contributed by atoms with Crippen LogP contribution in [0.2, 0.25) is 0 Å². The Balaban J connectivity index is 2.17. The zero-order valence-electron chi connectivity index (χ0n) is 8.38. The van der Waals surface area contributed by atoms with Crippen LogP contribution in [0.15, 0.2) is 29.3 Å². The number of hydrogen-bond acceptors (Lipinski definition) is 2. The fourth-order valence-electron chi connectivity index (χ4n) is 2.49. The molecule has 0 atom stereocenters. The minimum Gasteiger partial charge on any atom is -0.344 e. The first-order valence-corrected chi connectivity index (χ1v) is 5.23. The molecule has 2 heteroatoms. The van der Waals surface area contributed by atoms with Crippen LogP contribution in [0.4, 0.5) is 5.69 Å². The SMILES string of the molecule is CC1=NC2(CCC2)c2ccccc2N1. The molecule has 1 heterocycles. The summed E-state index contributed by atoms with van der Waals surface area (Å²) in [5.74, 6) is 1.06. The average molecular weight is 186 g/mol. The molecule has 14 heavy (non-hydrogen) atoms. The van der Waals surface area contributed by atoms with E-state index in [2.05, 4.69) is 36.5 Å². The van der Waals surface area contributed by atoms with Crippen LogP contribution in [0.1, 0.15) is 31.7 Å². The van der Waals surface area contributed by atoms with Crippen LogP contribution >= 0.6 is 0 Å². The Kier molecular flexibility index (Phi) is 1.49. The van der Waals surface area contributed by atoms with E-state index in [0.29, 0.717) is 0 Å². The van der Waals surface area contributed by atoms with Gasteiger partial charge in [0.05, 0.1) is 11.4 Å². The second-order valence-corrected chi connectivity index (χ2v) is 4.25. The number of nitrogens with zero attached hydrogens (tertiary/aromatic N) is 1. The molecule has 1 aromatic rings. The van der Waals surface area contributed by atoms with E-state index in [1.807, 2.05) is 0 Å². The number of rotatable bonds is 0. The highest BCUT2D eigenvalue weighted by atomic mass is 15.1. The Morgan fingerprint density at radius 2 is 2.07 bits per heavy atom. The minimum atomic E-state index is 0.131. The summed E-state index contributed by atoms with van der Waals surface area (Å²) in [6.45, 7) is 2.05. The number of fused-ring (bicyclic) bond motifs is 2. The van der Waals surface area contributed by atoms with Crippen LogP contribution < -0.4 is 5.32 Å². The van der Waals surface area contributed by atoms with Gasteiger partial charge in [0.2, 0.25) is 0 Å². The third-order valence-corrected chi connectivity index (χ3v) is 3.31. The van der Waals surface area contributed by atoms with Gasteiger partial charge >= 0.3 is 0 Å². The first-order valence-electron chi connectivity index (χ1n) is 5.23. The Hall–Kier alpha value is -1.31. The largest absolute Gasteiger partial charge is 0.344 e. The maximum absolute atomic E-state index is 4.77. The first kappa shape index (κ1) is 8.04. The van der Waals surface area contributed by atoms with Gasteiger partial charge in [-0.1, -0.05) is 18.2 Å². The molecule has 1 aromatic carbocycles. The van der Waals surface area contributed by atoms with E-state index in [0.717, 1.165) is 5.84 Å². The Morgan fingerprint density at radius 3 is 2.79 bits per heavy atom. The van der Waals surface area contributed by atoms with E-state index < -0.39 is 0 Å². The predicted octanol–water partition coefficient (Wildman–Crippen LogP) is 2.91. The van der Waals surface area contributed by atoms with Crippen molar-refractivity contribution in [2.24, 2.45) is 4.99 Å². The van der Waals surface area contributed by atoms with Crippen LogP contribution in [0.25, 0.3) is 0 Å². The molecule has 1 fully saturated rings. The van der Waals surface area contributed by atoms with Crippen molar-refractivity contribution in [3.05, 3.63) is 29.8 Å². The van der Waals surface area contributed by atoms with Gasteiger partial charge in [0, 0.05) is 11.3 Å². The third kappa shape index (κ3) is 0.939. The van der Waals surface area contributed by atoms with Crippen molar-refractivity contribution in [2.75, 3.05) is 5.32 Å². The summed E-state index contributed by atoms with van der Waals surface area (Å²) in [4.78, 5) is 4.77. The summed E-state index contributed by atoms with van der Waals surface area (Å²) in [6, 6.07) is 8.54. The fourth-order valence-corrected chi connectivity index (χ4v) is 2.49. The number of anilines is 1. The summed E-state index contributed by atoms with van der Waals surface area (Å²) >= 11 is 0. The maximum Gasteiger partial charge on any atom is 0.0986 e. The van der Waals surface area contributed by atoms with Crippen molar-refractivity contribution in [3.63, 3.8) is 0 Å². The van der Waals surface area contributed by atoms with Gasteiger partial charge in [-0.2, -0.15) is 0 Å². The average Bonchev–Trinajstić information content (AvgIpc) is 2.14. The van der Waals surface area contributed by atoms with Gasteiger partial charge in [0.1, 0.15) is 0 Å². The lowest BCUT2D eigenvalue weighted by Gasteiger charge is -2.42. The van der Waals surface area contributed by atoms with Gasteiger partial charge in [0.25, 0.3) is 0 Å². The molecule has 1 N–H and O–H groups in total. The molecule has 0 bridgehead atoms. The smallest absolute Gasteiger partial charge is 0.0986 e. The van der Waals surface area contributed by atoms with Crippen molar-refractivity contribution < 1.29 is 0 Å². The Bertz CT molecular complexity index is 403. The summed E-state index contributed by atoms with van der Waals surface area (Å²) < 4.78 is 0. The summed E-state index contributed by atoms with van der Waals surface area (Å²) in [5, 5.41) is 3.33. The highest BCUT2D eigenvalue weighted by Crippen LogP contribution is 2.49. The molecule has 1 aliphatic carbocycles. The molecule has 2 aliphatic rings. The lowest BCUT2D eigenvalue weighted by Crippen LogP contribution is -2.37. The summed E-state index contributed by atoms with van der Waals surface area (Å²) in [7, 11) is 0. The van der Waals surface area contributed by atoms with E-state index >= 15 is 0 Å². The van der Waals surface area contributed by atoms with Crippen LogP contribution in [-0.2, 0) is 5.54 Å². The molecule has 0 unspecified atom stereocenters. The van der Waals surface area contributed by atoms with Crippen molar-refractivity contribution in [2.45, 2.75) is 31.7 Å². The van der Waals surface area contributed by atoms with Crippen LogP contribution in [-0.4, -0.2) is 5.84 Å². The number of amidine groups is 1. The second kappa shape index (κ2) is 2.59. The molecule has 0 radical (unpaired) electrons. The van der Waals surface area contributed by atoms with Gasteiger partial charge in [0.15, 0.2) is 0 Å². The van der Waals surface area contributed by atoms with Gasteiger partial charge < -0.3 is 5.32 Å². The molecule has 0 aromatic heterocycles. The van der Waals surface area contributed by atoms with E-state index in [1.165, 1.54) is 30.5 Å². The number of hydrogen-bond donors (Lipinski definition) is 1. The first-order chi connectivity index (χ1) is 6.80. The second-order valence-electron chi connectivity index (χ2n) is 4.25. The molecule has 1 aliphatic heterocycles. The van der Waals surface area contributed by atoms with Gasteiger partial charge in [-0.15, -0.1) is 0 Å². The van der Waals surface area contributed by atoms with Crippen LogP contribution in [0.5, 0.6) is 0 Å². The van der Waals surface area contributed by atoms with Gasteiger partial charge in [-0.3, -0.25) is 4.99 Å². The molecule has 1 saturated carbocycles. The Labute approximate surface area is 84.1 Å². The Morgan fingerprint density at radius 1 is 1.29 bits per heavy atom.